The molecule has 0 radical (unpaired) electrons. The maximum absolute atomic E-state index is 12.0. The molecule has 16 heavy (non-hydrogen) atoms. The van der Waals surface area contributed by atoms with Crippen LogP contribution in [0.25, 0.3) is 0 Å². The highest BCUT2D eigenvalue weighted by atomic mass is 16.4. The van der Waals surface area contributed by atoms with Gasteiger partial charge in [-0.25, -0.2) is 0 Å². The largest absolute Gasteiger partial charge is 0.481 e. The lowest BCUT2D eigenvalue weighted by Crippen LogP contribution is -2.14. The molecule has 3 heteroatoms. The molecule has 0 bridgehead atoms. The molecule has 0 amide bonds. The highest BCUT2D eigenvalue weighted by Gasteiger charge is 2.33. The fourth-order valence-corrected chi connectivity index (χ4v) is 2.28. The molecule has 1 fully saturated rings. The van der Waals surface area contributed by atoms with Crippen LogP contribution in [-0.4, -0.2) is 16.9 Å². The Bertz CT molecular complexity index is 397. The summed E-state index contributed by atoms with van der Waals surface area (Å²) in [4.78, 5) is 22.8. The lowest BCUT2D eigenvalue weighted by atomic mass is 9.95. The normalized spacial score (nSPS) is 24.2. The van der Waals surface area contributed by atoms with E-state index in [-0.39, 0.29) is 17.6 Å². The monoisotopic (exact) mass is 218 g/mol. The summed E-state index contributed by atoms with van der Waals surface area (Å²) in [6.45, 7) is 0. The van der Waals surface area contributed by atoms with Crippen molar-refractivity contribution in [1.29, 1.82) is 0 Å². The second-order valence-corrected chi connectivity index (χ2v) is 4.28. The number of carbonyl (C=O) groups is 2. The van der Waals surface area contributed by atoms with Crippen LogP contribution in [0.1, 0.15) is 29.6 Å². The molecule has 84 valence electrons. The standard InChI is InChI=1S/C13H14O3/c14-12(9-4-2-1-3-5-9)10-6-7-11(8-10)13(15)16/h1-5,10-11H,6-8H2,(H,15,16)/t10-,11+/m1/s1. The third kappa shape index (κ3) is 2.13. The van der Waals surface area contributed by atoms with Crippen LogP contribution in [0.3, 0.4) is 0 Å². The van der Waals surface area contributed by atoms with E-state index in [2.05, 4.69) is 0 Å². The predicted molar refractivity (Wildman–Crippen MR) is 59.2 cm³/mol. The van der Waals surface area contributed by atoms with Gasteiger partial charge in [0.25, 0.3) is 0 Å². The number of carboxylic acids is 1. The van der Waals surface area contributed by atoms with Gasteiger partial charge in [0.05, 0.1) is 5.92 Å². The summed E-state index contributed by atoms with van der Waals surface area (Å²) < 4.78 is 0. The molecular formula is C13H14O3. The smallest absolute Gasteiger partial charge is 0.306 e. The van der Waals surface area contributed by atoms with Crippen molar-refractivity contribution < 1.29 is 14.7 Å². The van der Waals surface area contributed by atoms with Gasteiger partial charge in [-0.15, -0.1) is 0 Å². The SMILES string of the molecule is O=C(O)[C@H]1CC[C@@H](C(=O)c2ccccc2)C1. The third-order valence-corrected chi connectivity index (χ3v) is 3.21. The number of carboxylic acid groups (broad SMARTS) is 1. The third-order valence-electron chi connectivity index (χ3n) is 3.21. The van der Waals surface area contributed by atoms with Gasteiger partial charge in [0.15, 0.2) is 5.78 Å². The molecule has 0 saturated heterocycles. The average molecular weight is 218 g/mol. The highest BCUT2D eigenvalue weighted by molar-refractivity contribution is 5.98. The first-order valence-corrected chi connectivity index (χ1v) is 5.50. The topological polar surface area (TPSA) is 54.4 Å². The van der Waals surface area contributed by atoms with E-state index in [1.807, 2.05) is 18.2 Å². The second kappa shape index (κ2) is 4.47. The lowest BCUT2D eigenvalue weighted by molar-refractivity contribution is -0.141. The van der Waals surface area contributed by atoms with E-state index in [9.17, 15) is 9.59 Å². The summed E-state index contributed by atoms with van der Waals surface area (Å²) in [7, 11) is 0. The Morgan fingerprint density at radius 3 is 2.25 bits per heavy atom. The van der Waals surface area contributed by atoms with Gasteiger partial charge in [0, 0.05) is 11.5 Å². The van der Waals surface area contributed by atoms with Gasteiger partial charge in [0.1, 0.15) is 0 Å². The fourth-order valence-electron chi connectivity index (χ4n) is 2.28. The Morgan fingerprint density at radius 1 is 1.06 bits per heavy atom. The van der Waals surface area contributed by atoms with Crippen LogP contribution in [0, 0.1) is 11.8 Å². The van der Waals surface area contributed by atoms with Crippen molar-refractivity contribution in [2.75, 3.05) is 0 Å². The molecule has 1 aromatic rings. The number of aliphatic carboxylic acids is 1. The van der Waals surface area contributed by atoms with Crippen LogP contribution >= 0.6 is 0 Å². The number of carbonyl (C=O) groups excluding carboxylic acids is 1. The molecule has 1 N–H and O–H groups in total. The minimum Gasteiger partial charge on any atom is -0.481 e. The Hall–Kier alpha value is -1.64. The maximum Gasteiger partial charge on any atom is 0.306 e. The molecule has 2 atom stereocenters. The van der Waals surface area contributed by atoms with Crippen LogP contribution in [0.4, 0.5) is 0 Å². The molecule has 0 aliphatic heterocycles. The molecule has 2 rings (SSSR count). The maximum atomic E-state index is 12.0. The van der Waals surface area contributed by atoms with E-state index in [1.165, 1.54) is 0 Å². The van der Waals surface area contributed by atoms with Gasteiger partial charge >= 0.3 is 5.97 Å². The molecule has 0 spiro atoms. The number of hydrogen-bond donors (Lipinski definition) is 1. The molecule has 1 aromatic carbocycles. The number of benzene rings is 1. The van der Waals surface area contributed by atoms with Gasteiger partial charge in [-0.05, 0) is 19.3 Å². The van der Waals surface area contributed by atoms with Gasteiger partial charge in [-0.1, -0.05) is 30.3 Å². The summed E-state index contributed by atoms with van der Waals surface area (Å²) in [5.74, 6) is -1.13. The van der Waals surface area contributed by atoms with Gasteiger partial charge in [0.2, 0.25) is 0 Å². The zero-order valence-electron chi connectivity index (χ0n) is 8.93. The van der Waals surface area contributed by atoms with Crippen molar-refractivity contribution in [3.8, 4) is 0 Å². The number of Topliss-reactive ketones (excluding diaryl/α,β-unsaturated/α-hetero) is 1. The number of hydrogen-bond acceptors (Lipinski definition) is 2. The van der Waals surface area contributed by atoms with E-state index < -0.39 is 5.97 Å². The molecule has 0 aromatic heterocycles. The summed E-state index contributed by atoms with van der Waals surface area (Å²) in [6, 6.07) is 9.10. The van der Waals surface area contributed by atoms with Crippen LogP contribution in [0.5, 0.6) is 0 Å². The lowest BCUT2D eigenvalue weighted by Gasteiger charge is -2.08. The van der Waals surface area contributed by atoms with Gasteiger partial charge < -0.3 is 5.11 Å². The van der Waals surface area contributed by atoms with Crippen LogP contribution in [0.2, 0.25) is 0 Å². The van der Waals surface area contributed by atoms with E-state index in [4.69, 9.17) is 5.11 Å². The van der Waals surface area contributed by atoms with Crippen molar-refractivity contribution in [2.45, 2.75) is 19.3 Å². The van der Waals surface area contributed by atoms with Crippen molar-refractivity contribution in [2.24, 2.45) is 11.8 Å². The van der Waals surface area contributed by atoms with Crippen molar-refractivity contribution in [3.05, 3.63) is 35.9 Å². The van der Waals surface area contributed by atoms with E-state index in [0.717, 1.165) is 0 Å². The number of ketones is 1. The fraction of sp³-hybridized carbons (Fsp3) is 0.385. The molecule has 0 heterocycles. The van der Waals surface area contributed by atoms with E-state index >= 15 is 0 Å². The minimum absolute atomic E-state index is 0.0874. The molecule has 3 nitrogen and oxygen atoms in total. The zero-order chi connectivity index (χ0) is 11.5. The molecule has 0 unspecified atom stereocenters. The first-order chi connectivity index (χ1) is 7.68. The first kappa shape index (κ1) is 10.9. The molecular weight excluding hydrogens is 204 g/mol. The summed E-state index contributed by atoms with van der Waals surface area (Å²) in [5, 5.41) is 8.87. The minimum atomic E-state index is -0.775. The van der Waals surface area contributed by atoms with Crippen molar-refractivity contribution >= 4 is 11.8 Å². The van der Waals surface area contributed by atoms with E-state index in [0.29, 0.717) is 24.8 Å². The van der Waals surface area contributed by atoms with Crippen LogP contribution in [-0.2, 0) is 4.79 Å². The van der Waals surface area contributed by atoms with Crippen LogP contribution < -0.4 is 0 Å². The molecule has 1 saturated carbocycles. The first-order valence-electron chi connectivity index (χ1n) is 5.50. The van der Waals surface area contributed by atoms with Crippen molar-refractivity contribution in [1.82, 2.24) is 0 Å². The summed E-state index contributed by atoms with van der Waals surface area (Å²) in [5.41, 5.74) is 0.693. The summed E-state index contributed by atoms with van der Waals surface area (Å²) >= 11 is 0. The second-order valence-electron chi connectivity index (χ2n) is 4.28. The summed E-state index contributed by atoms with van der Waals surface area (Å²) in [6.07, 6.45) is 1.81. The van der Waals surface area contributed by atoms with Gasteiger partial charge in [-0.3, -0.25) is 9.59 Å². The average Bonchev–Trinajstić information content (AvgIpc) is 2.78. The van der Waals surface area contributed by atoms with E-state index in [1.54, 1.807) is 12.1 Å². The number of rotatable bonds is 3. The quantitative estimate of drug-likeness (QED) is 0.792. The Kier molecular flexibility index (Phi) is 3.04. The highest BCUT2D eigenvalue weighted by Crippen LogP contribution is 2.33. The Labute approximate surface area is 94.1 Å². The Balaban J connectivity index is 2.05. The molecule has 1 aliphatic carbocycles. The Morgan fingerprint density at radius 2 is 1.69 bits per heavy atom. The van der Waals surface area contributed by atoms with Crippen LogP contribution in [0.15, 0.2) is 30.3 Å². The molecule has 1 aliphatic rings. The predicted octanol–water partition coefficient (Wildman–Crippen LogP) is 2.37. The van der Waals surface area contributed by atoms with Gasteiger partial charge in [-0.2, -0.15) is 0 Å². The van der Waals surface area contributed by atoms with Crippen molar-refractivity contribution in [3.63, 3.8) is 0 Å². The zero-order valence-corrected chi connectivity index (χ0v) is 8.93.